The smallest absolute Gasteiger partial charge is 0.227 e. The Labute approximate surface area is 162 Å². The van der Waals surface area contributed by atoms with Crippen LogP contribution in [-0.4, -0.2) is 28.4 Å². The first kappa shape index (κ1) is 19.3. The highest BCUT2D eigenvalue weighted by Gasteiger charge is 2.29. The first-order valence-electron chi connectivity index (χ1n) is 9.86. The standard InChI is InChI=1S/C23H29N3O/c1-2-3-17-26(18-19-7-5-4-6-8-19)22-11-9-20(10-12-22)23(27)25-21-13-15-24-16-14-21/h2,4-8,13-16,20,22H,1,3,9-12,17-18H2,(H,24,25,27). The molecule has 1 aliphatic rings. The number of anilines is 1. The molecule has 1 N–H and O–H groups in total. The van der Waals surface area contributed by atoms with Crippen LogP contribution < -0.4 is 5.32 Å². The molecule has 1 heterocycles. The Kier molecular flexibility index (Phi) is 7.17. The fraction of sp³-hybridized carbons (Fsp3) is 0.391. The summed E-state index contributed by atoms with van der Waals surface area (Å²) in [5, 5.41) is 3.02. The first-order valence-corrected chi connectivity index (χ1v) is 9.86. The summed E-state index contributed by atoms with van der Waals surface area (Å²) in [4.78, 5) is 19.1. The van der Waals surface area contributed by atoms with Crippen LogP contribution in [-0.2, 0) is 11.3 Å². The molecule has 2 aromatic rings. The number of carbonyl (C=O) groups is 1. The summed E-state index contributed by atoms with van der Waals surface area (Å²) in [7, 11) is 0. The molecule has 142 valence electrons. The van der Waals surface area contributed by atoms with E-state index in [0.29, 0.717) is 6.04 Å². The molecule has 0 saturated heterocycles. The van der Waals surface area contributed by atoms with E-state index < -0.39 is 0 Å². The highest BCUT2D eigenvalue weighted by molar-refractivity contribution is 5.92. The van der Waals surface area contributed by atoms with Crippen molar-refractivity contribution in [2.45, 2.75) is 44.7 Å². The van der Waals surface area contributed by atoms with Crippen molar-refractivity contribution < 1.29 is 4.79 Å². The zero-order valence-corrected chi connectivity index (χ0v) is 15.9. The van der Waals surface area contributed by atoms with Crippen LogP contribution in [0.2, 0.25) is 0 Å². The van der Waals surface area contributed by atoms with Crippen molar-refractivity contribution in [1.29, 1.82) is 0 Å². The third kappa shape index (κ3) is 5.76. The van der Waals surface area contributed by atoms with E-state index in [1.54, 1.807) is 12.4 Å². The topological polar surface area (TPSA) is 45.2 Å². The highest BCUT2D eigenvalue weighted by atomic mass is 16.1. The van der Waals surface area contributed by atoms with Gasteiger partial charge in [-0.1, -0.05) is 36.4 Å². The number of amides is 1. The molecule has 1 amide bonds. The highest BCUT2D eigenvalue weighted by Crippen LogP contribution is 2.29. The predicted octanol–water partition coefficient (Wildman–Crippen LogP) is 4.66. The maximum absolute atomic E-state index is 12.5. The van der Waals surface area contributed by atoms with Gasteiger partial charge >= 0.3 is 0 Å². The number of nitrogens with one attached hydrogen (secondary N) is 1. The lowest BCUT2D eigenvalue weighted by Gasteiger charge is -2.36. The zero-order chi connectivity index (χ0) is 18.9. The van der Waals surface area contributed by atoms with Crippen molar-refractivity contribution >= 4 is 11.6 Å². The van der Waals surface area contributed by atoms with Gasteiger partial charge in [0.15, 0.2) is 0 Å². The number of nitrogens with zero attached hydrogens (tertiary/aromatic N) is 2. The number of rotatable bonds is 8. The van der Waals surface area contributed by atoms with E-state index in [4.69, 9.17) is 0 Å². The normalized spacial score (nSPS) is 19.6. The van der Waals surface area contributed by atoms with Gasteiger partial charge in [-0.05, 0) is 49.8 Å². The lowest BCUT2D eigenvalue weighted by molar-refractivity contribution is -0.121. The average molecular weight is 364 g/mol. The number of benzene rings is 1. The van der Waals surface area contributed by atoms with Gasteiger partial charge in [-0.2, -0.15) is 0 Å². The molecule has 1 saturated carbocycles. The summed E-state index contributed by atoms with van der Waals surface area (Å²) in [6.45, 7) is 5.87. The second kappa shape index (κ2) is 10.0. The minimum absolute atomic E-state index is 0.104. The van der Waals surface area contributed by atoms with Crippen LogP contribution in [0.1, 0.15) is 37.7 Å². The maximum atomic E-state index is 12.5. The van der Waals surface area contributed by atoms with Crippen LogP contribution in [0.15, 0.2) is 67.5 Å². The summed E-state index contributed by atoms with van der Waals surface area (Å²) < 4.78 is 0. The second-order valence-corrected chi connectivity index (χ2v) is 7.26. The molecule has 1 aromatic carbocycles. The summed E-state index contributed by atoms with van der Waals surface area (Å²) in [5.74, 6) is 0.243. The van der Waals surface area contributed by atoms with Gasteiger partial charge < -0.3 is 5.32 Å². The molecule has 27 heavy (non-hydrogen) atoms. The summed E-state index contributed by atoms with van der Waals surface area (Å²) in [5.41, 5.74) is 2.17. The Morgan fingerprint density at radius 3 is 2.48 bits per heavy atom. The van der Waals surface area contributed by atoms with Crippen molar-refractivity contribution in [3.8, 4) is 0 Å². The molecule has 1 aliphatic carbocycles. The molecular weight excluding hydrogens is 334 g/mol. The van der Waals surface area contributed by atoms with Crippen molar-refractivity contribution in [1.82, 2.24) is 9.88 Å². The van der Waals surface area contributed by atoms with E-state index in [1.807, 2.05) is 18.2 Å². The quantitative estimate of drug-likeness (QED) is 0.694. The Morgan fingerprint density at radius 2 is 1.81 bits per heavy atom. The molecule has 1 aromatic heterocycles. The second-order valence-electron chi connectivity index (χ2n) is 7.26. The van der Waals surface area contributed by atoms with Crippen molar-refractivity contribution in [2.75, 3.05) is 11.9 Å². The Morgan fingerprint density at radius 1 is 1.11 bits per heavy atom. The van der Waals surface area contributed by atoms with E-state index in [2.05, 4.69) is 52.1 Å². The third-order valence-corrected chi connectivity index (χ3v) is 5.38. The molecule has 1 fully saturated rings. The fourth-order valence-electron chi connectivity index (χ4n) is 3.85. The average Bonchev–Trinajstić information content (AvgIpc) is 2.73. The minimum Gasteiger partial charge on any atom is -0.326 e. The van der Waals surface area contributed by atoms with Gasteiger partial charge in [0.1, 0.15) is 0 Å². The van der Waals surface area contributed by atoms with Crippen LogP contribution in [0.4, 0.5) is 5.69 Å². The minimum atomic E-state index is 0.104. The number of hydrogen-bond acceptors (Lipinski definition) is 3. The van der Waals surface area contributed by atoms with E-state index in [0.717, 1.165) is 50.9 Å². The van der Waals surface area contributed by atoms with E-state index in [9.17, 15) is 4.79 Å². The molecule has 0 aliphatic heterocycles. The van der Waals surface area contributed by atoms with Crippen LogP contribution >= 0.6 is 0 Å². The number of hydrogen-bond donors (Lipinski definition) is 1. The molecule has 0 radical (unpaired) electrons. The van der Waals surface area contributed by atoms with Gasteiger partial charge in [-0.15, -0.1) is 6.58 Å². The van der Waals surface area contributed by atoms with Gasteiger partial charge in [0.25, 0.3) is 0 Å². The predicted molar refractivity (Wildman–Crippen MR) is 110 cm³/mol. The molecule has 4 heteroatoms. The third-order valence-electron chi connectivity index (χ3n) is 5.38. The molecule has 0 bridgehead atoms. The van der Waals surface area contributed by atoms with Crippen LogP contribution in [0.25, 0.3) is 0 Å². The van der Waals surface area contributed by atoms with Crippen LogP contribution in [0.5, 0.6) is 0 Å². The van der Waals surface area contributed by atoms with Crippen LogP contribution in [0.3, 0.4) is 0 Å². The number of aromatic nitrogens is 1. The SMILES string of the molecule is C=CCCN(Cc1ccccc1)C1CCC(C(=O)Nc2ccncc2)CC1. The lowest BCUT2D eigenvalue weighted by atomic mass is 9.84. The Bertz CT molecular complexity index is 709. The lowest BCUT2D eigenvalue weighted by Crippen LogP contribution is -2.40. The van der Waals surface area contributed by atoms with Crippen molar-refractivity contribution in [3.05, 3.63) is 73.1 Å². The van der Waals surface area contributed by atoms with Crippen LogP contribution in [0, 0.1) is 5.92 Å². The number of carbonyl (C=O) groups excluding carboxylic acids is 1. The molecule has 3 rings (SSSR count). The monoisotopic (exact) mass is 363 g/mol. The van der Waals surface area contributed by atoms with E-state index in [1.165, 1.54) is 5.56 Å². The summed E-state index contributed by atoms with van der Waals surface area (Å²) in [6.07, 6.45) is 10.4. The largest absolute Gasteiger partial charge is 0.326 e. The summed E-state index contributed by atoms with van der Waals surface area (Å²) >= 11 is 0. The molecule has 4 nitrogen and oxygen atoms in total. The van der Waals surface area contributed by atoms with E-state index in [-0.39, 0.29) is 11.8 Å². The Hall–Kier alpha value is -2.46. The van der Waals surface area contributed by atoms with Gasteiger partial charge in [0, 0.05) is 43.1 Å². The van der Waals surface area contributed by atoms with Gasteiger partial charge in [0.2, 0.25) is 5.91 Å². The van der Waals surface area contributed by atoms with Gasteiger partial charge in [-0.3, -0.25) is 14.7 Å². The van der Waals surface area contributed by atoms with E-state index >= 15 is 0 Å². The van der Waals surface area contributed by atoms with Crippen molar-refractivity contribution in [3.63, 3.8) is 0 Å². The fourth-order valence-corrected chi connectivity index (χ4v) is 3.85. The Balaban J connectivity index is 1.54. The maximum Gasteiger partial charge on any atom is 0.227 e. The van der Waals surface area contributed by atoms with Gasteiger partial charge in [0.05, 0.1) is 0 Å². The zero-order valence-electron chi connectivity index (χ0n) is 15.9. The molecular formula is C23H29N3O. The first-order chi connectivity index (χ1) is 13.3. The number of pyridine rings is 1. The molecule has 0 unspecified atom stereocenters. The molecule has 0 spiro atoms. The van der Waals surface area contributed by atoms with Crippen molar-refractivity contribution in [2.24, 2.45) is 5.92 Å². The molecule has 0 atom stereocenters. The summed E-state index contributed by atoms with van der Waals surface area (Å²) in [6, 6.07) is 14.8. The van der Waals surface area contributed by atoms with Gasteiger partial charge in [-0.25, -0.2) is 0 Å².